The first kappa shape index (κ1) is 13.2. The van der Waals surface area contributed by atoms with Gasteiger partial charge in [-0.1, -0.05) is 25.4 Å². The van der Waals surface area contributed by atoms with Gasteiger partial charge < -0.3 is 10.2 Å². The summed E-state index contributed by atoms with van der Waals surface area (Å²) < 4.78 is 1.12. The Morgan fingerprint density at radius 3 is 2.94 bits per heavy atom. The quantitative estimate of drug-likeness (QED) is 0.915. The zero-order chi connectivity index (χ0) is 12.4. The lowest BCUT2D eigenvalue weighted by Gasteiger charge is -2.21. The Kier molecular flexibility index (Phi) is 4.34. The Balaban J connectivity index is 2.07. The number of benzene rings is 1. The van der Waals surface area contributed by atoms with Crippen LogP contribution >= 0.6 is 27.5 Å². The van der Waals surface area contributed by atoms with Crippen molar-refractivity contribution in [2.75, 3.05) is 18.0 Å². The van der Waals surface area contributed by atoms with Gasteiger partial charge in [0.1, 0.15) is 0 Å². The van der Waals surface area contributed by atoms with Gasteiger partial charge in [0.15, 0.2) is 0 Å². The number of anilines is 1. The molecule has 1 heterocycles. The van der Waals surface area contributed by atoms with Gasteiger partial charge in [-0.05, 0) is 40.5 Å². The van der Waals surface area contributed by atoms with Crippen LogP contribution in [0.1, 0.15) is 20.3 Å². The molecule has 1 aromatic carbocycles. The Bertz CT molecular complexity index is 395. The summed E-state index contributed by atoms with van der Waals surface area (Å²) in [7, 11) is 0. The summed E-state index contributed by atoms with van der Waals surface area (Å²) >= 11 is 9.64. The highest BCUT2D eigenvalue weighted by Gasteiger charge is 2.24. The van der Waals surface area contributed by atoms with Crippen LogP contribution in [0.25, 0.3) is 0 Å². The Hall–Kier alpha value is -0.250. The van der Waals surface area contributed by atoms with Crippen molar-refractivity contribution in [1.82, 2.24) is 5.32 Å². The molecule has 2 nitrogen and oxygen atoms in total. The van der Waals surface area contributed by atoms with E-state index in [4.69, 9.17) is 11.6 Å². The van der Waals surface area contributed by atoms with Crippen LogP contribution in [-0.2, 0) is 0 Å². The minimum atomic E-state index is 0.544. The summed E-state index contributed by atoms with van der Waals surface area (Å²) in [6, 6.07) is 7.09. The number of nitrogens with zero attached hydrogens (tertiary/aromatic N) is 1. The van der Waals surface area contributed by atoms with Crippen LogP contribution in [-0.4, -0.2) is 25.2 Å². The average Bonchev–Trinajstić information content (AvgIpc) is 2.69. The Labute approximate surface area is 116 Å². The first-order chi connectivity index (χ1) is 8.06. The fourth-order valence-corrected chi connectivity index (χ4v) is 2.98. The van der Waals surface area contributed by atoms with Crippen molar-refractivity contribution in [3.8, 4) is 0 Å². The second-order valence-electron chi connectivity index (χ2n) is 4.85. The van der Waals surface area contributed by atoms with Gasteiger partial charge in [0.25, 0.3) is 0 Å². The molecule has 1 aliphatic heterocycles. The van der Waals surface area contributed by atoms with Gasteiger partial charge in [-0.2, -0.15) is 0 Å². The third kappa shape index (κ3) is 3.36. The molecule has 1 atom stereocenters. The lowest BCUT2D eigenvalue weighted by atomic mass is 10.2. The molecule has 0 bridgehead atoms. The van der Waals surface area contributed by atoms with Gasteiger partial charge in [-0.15, -0.1) is 0 Å². The molecule has 1 N–H and O–H groups in total. The average molecular weight is 318 g/mol. The van der Waals surface area contributed by atoms with Crippen molar-refractivity contribution in [2.24, 2.45) is 0 Å². The molecule has 0 aromatic heterocycles. The molecule has 0 aliphatic carbocycles. The predicted molar refractivity (Wildman–Crippen MR) is 78.0 cm³/mol. The molecular weight excluding hydrogens is 300 g/mol. The molecule has 0 amide bonds. The number of hydrogen-bond donors (Lipinski definition) is 1. The maximum atomic E-state index is 6.05. The highest BCUT2D eigenvalue weighted by atomic mass is 79.9. The highest BCUT2D eigenvalue weighted by molar-refractivity contribution is 9.10. The van der Waals surface area contributed by atoms with E-state index in [1.165, 1.54) is 12.1 Å². The smallest absolute Gasteiger partial charge is 0.0526 e. The van der Waals surface area contributed by atoms with Crippen LogP contribution in [0.3, 0.4) is 0 Å². The number of hydrogen-bond acceptors (Lipinski definition) is 2. The topological polar surface area (TPSA) is 15.3 Å². The van der Waals surface area contributed by atoms with Gasteiger partial charge in [-0.25, -0.2) is 0 Å². The third-order valence-electron chi connectivity index (χ3n) is 3.01. The second kappa shape index (κ2) is 5.59. The normalized spacial score (nSPS) is 20.3. The molecule has 1 aliphatic rings. The van der Waals surface area contributed by atoms with E-state index in [0.29, 0.717) is 12.1 Å². The minimum absolute atomic E-state index is 0.544. The van der Waals surface area contributed by atoms with Crippen LogP contribution in [0.15, 0.2) is 22.7 Å². The zero-order valence-electron chi connectivity index (χ0n) is 10.2. The van der Waals surface area contributed by atoms with Crippen LogP contribution < -0.4 is 10.2 Å². The molecule has 17 heavy (non-hydrogen) atoms. The minimum Gasteiger partial charge on any atom is -0.369 e. The molecule has 1 saturated heterocycles. The monoisotopic (exact) mass is 316 g/mol. The third-order valence-corrected chi connectivity index (χ3v) is 3.91. The lowest BCUT2D eigenvalue weighted by molar-refractivity contribution is 0.492. The standard InChI is InChI=1S/C13H18BrClN2/c1-9(2)16-11-5-6-17(8-11)13-7-10(15)3-4-12(13)14/h3-4,7,9,11,16H,5-6,8H2,1-2H3. The van der Waals surface area contributed by atoms with Crippen molar-refractivity contribution in [2.45, 2.75) is 32.4 Å². The van der Waals surface area contributed by atoms with Gasteiger partial charge in [0, 0.05) is 34.7 Å². The molecule has 2 rings (SSSR count). The summed E-state index contributed by atoms with van der Waals surface area (Å²) in [5.41, 5.74) is 1.20. The first-order valence-corrected chi connectivity index (χ1v) is 7.19. The maximum absolute atomic E-state index is 6.05. The molecule has 0 saturated carbocycles. The van der Waals surface area contributed by atoms with Gasteiger partial charge in [-0.3, -0.25) is 0 Å². The molecule has 1 fully saturated rings. The zero-order valence-corrected chi connectivity index (χ0v) is 12.6. The molecule has 94 valence electrons. The van der Waals surface area contributed by atoms with E-state index in [0.717, 1.165) is 22.6 Å². The van der Waals surface area contributed by atoms with E-state index < -0.39 is 0 Å². The molecule has 1 unspecified atom stereocenters. The van der Waals surface area contributed by atoms with Crippen LogP contribution in [0.2, 0.25) is 5.02 Å². The van der Waals surface area contributed by atoms with E-state index in [1.54, 1.807) is 0 Å². The van der Waals surface area contributed by atoms with E-state index in [-0.39, 0.29) is 0 Å². The highest BCUT2D eigenvalue weighted by Crippen LogP contribution is 2.31. The first-order valence-electron chi connectivity index (χ1n) is 6.02. The fraction of sp³-hybridized carbons (Fsp3) is 0.538. The number of nitrogens with one attached hydrogen (secondary N) is 1. The summed E-state index contributed by atoms with van der Waals surface area (Å²) in [5, 5.41) is 4.38. The molecule has 0 spiro atoms. The van der Waals surface area contributed by atoms with Crippen molar-refractivity contribution in [3.63, 3.8) is 0 Å². The van der Waals surface area contributed by atoms with Gasteiger partial charge >= 0.3 is 0 Å². The van der Waals surface area contributed by atoms with Crippen molar-refractivity contribution in [1.29, 1.82) is 0 Å². The summed E-state index contributed by atoms with van der Waals surface area (Å²) in [5.74, 6) is 0. The number of rotatable bonds is 3. The Morgan fingerprint density at radius 2 is 2.24 bits per heavy atom. The van der Waals surface area contributed by atoms with Crippen LogP contribution in [0.5, 0.6) is 0 Å². The largest absolute Gasteiger partial charge is 0.369 e. The Morgan fingerprint density at radius 1 is 1.47 bits per heavy atom. The van der Waals surface area contributed by atoms with E-state index in [2.05, 4.69) is 40.0 Å². The van der Waals surface area contributed by atoms with E-state index >= 15 is 0 Å². The van der Waals surface area contributed by atoms with Gasteiger partial charge in [0.2, 0.25) is 0 Å². The summed E-state index contributed by atoms with van der Waals surface area (Å²) in [4.78, 5) is 2.38. The molecule has 1 aromatic rings. The van der Waals surface area contributed by atoms with E-state index in [1.807, 2.05) is 18.2 Å². The second-order valence-corrected chi connectivity index (χ2v) is 6.14. The lowest BCUT2D eigenvalue weighted by Crippen LogP contribution is -2.37. The number of halogens is 2. The van der Waals surface area contributed by atoms with Crippen molar-refractivity contribution >= 4 is 33.2 Å². The SMILES string of the molecule is CC(C)NC1CCN(c2cc(Cl)ccc2Br)C1. The fourth-order valence-electron chi connectivity index (χ4n) is 2.31. The predicted octanol–water partition coefficient (Wildman–Crippen LogP) is 3.68. The van der Waals surface area contributed by atoms with Crippen LogP contribution in [0.4, 0.5) is 5.69 Å². The van der Waals surface area contributed by atoms with Crippen molar-refractivity contribution < 1.29 is 0 Å². The van der Waals surface area contributed by atoms with Crippen molar-refractivity contribution in [3.05, 3.63) is 27.7 Å². The maximum Gasteiger partial charge on any atom is 0.0526 e. The van der Waals surface area contributed by atoms with Gasteiger partial charge in [0.05, 0.1) is 5.69 Å². The molecule has 0 radical (unpaired) electrons. The summed E-state index contributed by atoms with van der Waals surface area (Å²) in [6.07, 6.45) is 1.19. The van der Waals surface area contributed by atoms with E-state index in [9.17, 15) is 0 Å². The molecular formula is C13H18BrClN2. The molecule has 4 heteroatoms. The van der Waals surface area contributed by atoms with Crippen LogP contribution in [0, 0.1) is 0 Å². The summed E-state index contributed by atoms with van der Waals surface area (Å²) in [6.45, 7) is 6.52.